The molecule has 2 unspecified atom stereocenters. The van der Waals surface area contributed by atoms with Crippen LogP contribution in [-0.4, -0.2) is 48.4 Å². The molecule has 1 heterocycles. The van der Waals surface area contributed by atoms with Gasteiger partial charge in [0, 0.05) is 7.11 Å². The molecule has 2 amide bonds. The zero-order chi connectivity index (χ0) is 24.1. The molecule has 2 aromatic rings. The molecule has 34 heavy (non-hydrogen) atoms. The summed E-state index contributed by atoms with van der Waals surface area (Å²) in [6.07, 6.45) is 7.16. The molecule has 0 fully saturated rings. The second kappa shape index (κ2) is 11.3. The maximum atomic E-state index is 12.8. The molecule has 2 atom stereocenters. The van der Waals surface area contributed by atoms with Gasteiger partial charge in [-0.2, -0.15) is 0 Å². The summed E-state index contributed by atoms with van der Waals surface area (Å²) in [5.74, 6) is 0.0863. The number of amides is 2. The first-order valence-electron chi connectivity index (χ1n) is 12.9. The van der Waals surface area contributed by atoms with E-state index in [-0.39, 0.29) is 17.9 Å². The van der Waals surface area contributed by atoms with Crippen LogP contribution in [0.3, 0.4) is 0 Å². The minimum Gasteiger partial charge on any atom is -0.376 e. The van der Waals surface area contributed by atoms with E-state index in [1.54, 1.807) is 24.3 Å². The molecule has 0 saturated heterocycles. The predicted molar refractivity (Wildman–Crippen MR) is 135 cm³/mol. The summed E-state index contributed by atoms with van der Waals surface area (Å²) >= 11 is 0. The van der Waals surface area contributed by atoms with Crippen LogP contribution in [0.1, 0.15) is 89.5 Å². The highest BCUT2D eigenvalue weighted by atomic mass is 16.5. The van der Waals surface area contributed by atoms with Gasteiger partial charge in [-0.05, 0) is 86.5 Å². The Kier molecular flexibility index (Phi) is 8.17. The highest BCUT2D eigenvalue weighted by Gasteiger charge is 2.36. The first kappa shape index (κ1) is 24.6. The Bertz CT molecular complexity index is 977. The zero-order valence-electron chi connectivity index (χ0n) is 20.9. The molecule has 4 rings (SSSR count). The lowest BCUT2D eigenvalue weighted by atomic mass is 9.96. The Morgan fingerprint density at radius 2 is 1.62 bits per heavy atom. The number of benzene rings is 2. The van der Waals surface area contributed by atoms with Crippen molar-refractivity contribution in [3.8, 4) is 0 Å². The Morgan fingerprint density at radius 1 is 0.941 bits per heavy atom. The van der Waals surface area contributed by atoms with Gasteiger partial charge < -0.3 is 9.64 Å². The number of methoxy groups -OCH3 is 1. The van der Waals surface area contributed by atoms with E-state index in [4.69, 9.17) is 4.74 Å². The molecule has 1 aliphatic heterocycles. The number of carbonyl (C=O) groups is 2. The monoisotopic (exact) mass is 462 g/mol. The van der Waals surface area contributed by atoms with Gasteiger partial charge in [0.25, 0.3) is 11.8 Å². The summed E-state index contributed by atoms with van der Waals surface area (Å²) in [7, 11) is 1.81. The van der Waals surface area contributed by atoms with Gasteiger partial charge in [0.2, 0.25) is 0 Å². The summed E-state index contributed by atoms with van der Waals surface area (Å²) in [5.41, 5.74) is 4.56. The number of nitrogens with zero attached hydrogens (tertiary/aromatic N) is 2. The van der Waals surface area contributed by atoms with Crippen molar-refractivity contribution in [2.75, 3.05) is 26.7 Å². The topological polar surface area (TPSA) is 49.9 Å². The normalized spacial score (nSPS) is 19.2. The van der Waals surface area contributed by atoms with Crippen LogP contribution in [0.5, 0.6) is 0 Å². The van der Waals surface area contributed by atoms with Crippen molar-refractivity contribution in [3.05, 3.63) is 70.3 Å². The van der Waals surface area contributed by atoms with Crippen molar-refractivity contribution < 1.29 is 14.3 Å². The number of carbonyl (C=O) groups excluding carboxylic acids is 2. The van der Waals surface area contributed by atoms with Crippen LogP contribution in [0.15, 0.2) is 42.5 Å². The molecule has 182 valence electrons. The molecule has 2 aliphatic rings. The number of ether oxygens (including phenoxy) is 1. The highest BCUT2D eigenvalue weighted by molar-refractivity contribution is 6.21. The van der Waals surface area contributed by atoms with E-state index in [0.717, 1.165) is 18.4 Å². The fourth-order valence-electron chi connectivity index (χ4n) is 5.70. The van der Waals surface area contributed by atoms with Crippen molar-refractivity contribution in [3.63, 3.8) is 0 Å². The van der Waals surface area contributed by atoms with Gasteiger partial charge in [-0.1, -0.05) is 50.6 Å². The Labute approximate surface area is 204 Å². The maximum Gasteiger partial charge on any atom is 0.261 e. The van der Waals surface area contributed by atoms with Crippen LogP contribution >= 0.6 is 0 Å². The van der Waals surface area contributed by atoms with Crippen LogP contribution in [0.4, 0.5) is 0 Å². The molecule has 1 aliphatic carbocycles. The summed E-state index contributed by atoms with van der Waals surface area (Å²) in [6, 6.07) is 13.4. The van der Waals surface area contributed by atoms with Crippen molar-refractivity contribution >= 4 is 11.8 Å². The van der Waals surface area contributed by atoms with Crippen LogP contribution in [0.2, 0.25) is 0 Å². The molecule has 0 saturated carbocycles. The molecular weight excluding hydrogens is 424 g/mol. The van der Waals surface area contributed by atoms with E-state index in [1.807, 2.05) is 13.2 Å². The molecule has 0 radical (unpaired) electrons. The van der Waals surface area contributed by atoms with E-state index >= 15 is 0 Å². The van der Waals surface area contributed by atoms with Crippen molar-refractivity contribution in [2.24, 2.45) is 5.92 Å². The van der Waals surface area contributed by atoms with E-state index < -0.39 is 0 Å². The Hall–Kier alpha value is -2.50. The average Bonchev–Trinajstić information content (AvgIpc) is 3.31. The lowest BCUT2D eigenvalue weighted by Gasteiger charge is -2.22. The highest BCUT2D eigenvalue weighted by Crippen LogP contribution is 2.41. The number of imide groups is 1. The Balaban J connectivity index is 1.36. The third-order valence-corrected chi connectivity index (χ3v) is 7.28. The van der Waals surface area contributed by atoms with Gasteiger partial charge in [0.15, 0.2) is 0 Å². The van der Waals surface area contributed by atoms with Gasteiger partial charge in [-0.3, -0.25) is 14.5 Å². The van der Waals surface area contributed by atoms with Crippen LogP contribution in [0, 0.1) is 5.92 Å². The summed E-state index contributed by atoms with van der Waals surface area (Å²) < 4.78 is 5.93. The predicted octanol–water partition coefficient (Wildman–Crippen LogP) is 5.63. The summed E-state index contributed by atoms with van der Waals surface area (Å²) in [4.78, 5) is 29.5. The first-order valence-corrected chi connectivity index (χ1v) is 12.9. The number of unbranched alkanes of at least 4 members (excludes halogenated alkanes) is 1. The van der Waals surface area contributed by atoms with Gasteiger partial charge in [0.1, 0.15) is 0 Å². The number of rotatable bonds is 12. The molecular formula is C29H38N2O3. The quantitative estimate of drug-likeness (QED) is 0.303. The van der Waals surface area contributed by atoms with E-state index in [9.17, 15) is 9.59 Å². The molecule has 5 nitrogen and oxygen atoms in total. The van der Waals surface area contributed by atoms with Crippen LogP contribution < -0.4 is 0 Å². The number of hydrogen-bond donors (Lipinski definition) is 0. The minimum atomic E-state index is -0.200. The maximum absolute atomic E-state index is 12.8. The molecule has 0 spiro atoms. The molecule has 0 aromatic heterocycles. The number of fused-ring (bicyclic) bond motifs is 2. The smallest absolute Gasteiger partial charge is 0.261 e. The zero-order valence-corrected chi connectivity index (χ0v) is 20.9. The third-order valence-electron chi connectivity index (χ3n) is 7.28. The summed E-state index contributed by atoms with van der Waals surface area (Å²) in [5, 5.41) is 0. The largest absolute Gasteiger partial charge is 0.376 e. The minimum absolute atomic E-state index is 0.130. The van der Waals surface area contributed by atoms with Gasteiger partial charge in [0.05, 0.1) is 23.8 Å². The van der Waals surface area contributed by atoms with Crippen LogP contribution in [-0.2, 0) is 17.7 Å². The van der Waals surface area contributed by atoms with Crippen molar-refractivity contribution in [2.45, 2.75) is 65.0 Å². The second-order valence-electron chi connectivity index (χ2n) is 9.73. The Morgan fingerprint density at radius 3 is 2.24 bits per heavy atom. The number of hydrogen-bond acceptors (Lipinski definition) is 4. The van der Waals surface area contributed by atoms with Gasteiger partial charge in [-0.15, -0.1) is 0 Å². The lowest BCUT2D eigenvalue weighted by molar-refractivity contribution is 0.0579. The fourth-order valence-corrected chi connectivity index (χ4v) is 5.70. The molecule has 5 heteroatoms. The van der Waals surface area contributed by atoms with E-state index in [2.05, 4.69) is 30.9 Å². The average molecular weight is 463 g/mol. The van der Waals surface area contributed by atoms with Crippen LogP contribution in [0.25, 0.3) is 0 Å². The molecule has 0 N–H and O–H groups in total. The van der Waals surface area contributed by atoms with Gasteiger partial charge in [-0.25, -0.2) is 0 Å². The SMILES string of the molecule is CCCN(CCC)CCCCC1Cc2cc(CN3C(=O)c4ccccc4C3=O)ccc2C1OC. The van der Waals surface area contributed by atoms with E-state index in [0.29, 0.717) is 23.6 Å². The lowest BCUT2D eigenvalue weighted by Crippen LogP contribution is -2.29. The van der Waals surface area contributed by atoms with Crippen molar-refractivity contribution in [1.29, 1.82) is 0 Å². The standard InChI is InChI=1S/C29H38N2O3/c1-4-15-30(16-5-2)17-9-8-10-22-19-23-18-21(13-14-24(23)27(22)34-3)20-31-28(32)25-11-6-7-12-26(25)29(31)33/h6-7,11-14,18,22,27H,4-5,8-10,15-17,19-20H2,1-3H3. The van der Waals surface area contributed by atoms with E-state index in [1.165, 1.54) is 61.3 Å². The molecule has 0 bridgehead atoms. The van der Waals surface area contributed by atoms with Gasteiger partial charge >= 0.3 is 0 Å². The first-order chi connectivity index (χ1) is 16.6. The second-order valence-corrected chi connectivity index (χ2v) is 9.73. The fraction of sp³-hybridized carbons (Fsp3) is 0.517. The third kappa shape index (κ3) is 5.11. The summed E-state index contributed by atoms with van der Waals surface area (Å²) in [6.45, 7) is 8.39. The van der Waals surface area contributed by atoms with Crippen molar-refractivity contribution in [1.82, 2.24) is 9.80 Å². The molecule has 2 aromatic carbocycles.